The van der Waals surface area contributed by atoms with Crippen molar-refractivity contribution in [1.29, 1.82) is 0 Å². The smallest absolute Gasteiger partial charge is 0.375 e. The lowest BCUT2D eigenvalue weighted by Gasteiger charge is -2.61. The molecule has 2 fully saturated rings. The first-order chi connectivity index (χ1) is 20.5. The molecule has 11 nitrogen and oxygen atoms in total. The highest BCUT2D eigenvalue weighted by Crippen LogP contribution is 2.61. The second kappa shape index (κ2) is 10.9. The van der Waals surface area contributed by atoms with Crippen LogP contribution in [0.4, 0.5) is 0 Å². The van der Waals surface area contributed by atoms with E-state index in [9.17, 15) is 19.5 Å². The second-order valence-electron chi connectivity index (χ2n) is 11.8. The molecule has 1 aromatic carbocycles. The zero-order chi connectivity index (χ0) is 30.8. The van der Waals surface area contributed by atoms with Crippen LogP contribution in [0.5, 0.6) is 17.2 Å². The highest BCUT2D eigenvalue weighted by atomic mass is 32.2. The van der Waals surface area contributed by atoms with E-state index in [4.69, 9.17) is 23.7 Å². The Morgan fingerprint density at radius 3 is 2.67 bits per heavy atom. The molecule has 0 aliphatic carbocycles. The van der Waals surface area contributed by atoms with Gasteiger partial charge in [0, 0.05) is 47.3 Å². The Morgan fingerprint density at radius 1 is 1.21 bits per heavy atom. The van der Waals surface area contributed by atoms with E-state index in [1.165, 1.54) is 25.8 Å². The first-order valence-electron chi connectivity index (χ1n) is 14.3. The summed E-state index contributed by atoms with van der Waals surface area (Å²) in [5.74, 6) is -0.608. The van der Waals surface area contributed by atoms with Crippen molar-refractivity contribution in [2.45, 2.75) is 69.5 Å². The number of Topliss-reactive ketones (excluding diaryl/α,β-unsaturated/α-hetero) is 1. The average Bonchev–Trinajstić information content (AvgIpc) is 3.45. The molecular weight excluding hydrogens is 576 g/mol. The molecule has 6 rings (SSSR count). The number of thioether (sulfide) groups is 1. The number of aliphatic hydroxyl groups excluding tert-OH is 1. The number of cyclic esters (lactones) is 1. The van der Waals surface area contributed by atoms with Crippen molar-refractivity contribution in [3.8, 4) is 17.2 Å². The number of hydrogen-bond acceptors (Lipinski definition) is 12. The van der Waals surface area contributed by atoms with E-state index >= 15 is 0 Å². The van der Waals surface area contributed by atoms with Gasteiger partial charge in [-0.05, 0) is 39.2 Å². The molecule has 230 valence electrons. The monoisotopic (exact) mass is 612 g/mol. The van der Waals surface area contributed by atoms with Crippen molar-refractivity contribution in [3.05, 3.63) is 52.0 Å². The van der Waals surface area contributed by atoms with Crippen molar-refractivity contribution < 1.29 is 43.2 Å². The molecule has 0 amide bonds. The Balaban J connectivity index is 1.67. The van der Waals surface area contributed by atoms with E-state index < -0.39 is 46.6 Å². The maximum absolute atomic E-state index is 12.9. The van der Waals surface area contributed by atoms with Gasteiger partial charge in [0.25, 0.3) is 0 Å². The number of esters is 2. The number of nitrogens with one attached hydrogen (secondary N) is 1. The van der Waals surface area contributed by atoms with Crippen LogP contribution in [0, 0.1) is 6.92 Å². The molecule has 5 aliphatic rings. The molecule has 5 heterocycles. The number of methoxy groups -OCH3 is 1. The topological polar surface area (TPSA) is 133 Å². The minimum atomic E-state index is -0.890. The molecule has 5 atom stereocenters. The van der Waals surface area contributed by atoms with Crippen LogP contribution in [0.15, 0.2) is 35.3 Å². The maximum atomic E-state index is 12.9. The zero-order valence-electron chi connectivity index (χ0n) is 24.9. The third kappa shape index (κ3) is 4.61. The molecule has 5 aliphatic heterocycles. The third-order valence-electron chi connectivity index (χ3n) is 9.16. The fourth-order valence-electron chi connectivity index (χ4n) is 7.25. The lowest BCUT2D eigenvalue weighted by atomic mass is 9.74. The molecule has 0 aromatic heterocycles. The normalized spacial score (nSPS) is 33.5. The number of ketones is 1. The summed E-state index contributed by atoms with van der Waals surface area (Å²) < 4.78 is 29.2. The summed E-state index contributed by atoms with van der Waals surface area (Å²) in [6.07, 6.45) is 3.42. The standard InChI is InChI=1S/C31H36N2O9S/c1-14-8-7-9-31(5)12-32-22(15(2)24(36)25(14)38-6)23-29-21-20(18(33(23)31)10-39-30(37)19(35)11-43-29)28-27(40-13-41-28)16(3)26(21)42-17(4)34/h8,18,22-23,29,32,36H,2,7,9-13H2,1,3-6H3/b14-8-,25-24-/t18?,22-,23+,29+,31?/m0/s1. The van der Waals surface area contributed by atoms with Crippen LogP contribution in [-0.4, -0.2) is 78.2 Å². The molecule has 0 saturated carbocycles. The van der Waals surface area contributed by atoms with E-state index in [2.05, 4.69) is 23.7 Å². The summed E-state index contributed by atoms with van der Waals surface area (Å²) in [6.45, 7) is 11.9. The van der Waals surface area contributed by atoms with Gasteiger partial charge in [-0.2, -0.15) is 0 Å². The minimum Gasteiger partial charge on any atom is -0.504 e. The summed E-state index contributed by atoms with van der Waals surface area (Å²) in [5, 5.41) is 14.7. The van der Waals surface area contributed by atoms with Crippen molar-refractivity contribution in [2.75, 3.05) is 32.8 Å². The van der Waals surface area contributed by atoms with Crippen LogP contribution < -0.4 is 19.5 Å². The number of aliphatic hydroxyl groups is 1. The van der Waals surface area contributed by atoms with Gasteiger partial charge in [0.15, 0.2) is 23.0 Å². The fourth-order valence-corrected chi connectivity index (χ4v) is 8.59. The number of carbonyl (C=O) groups excluding carboxylic acids is 3. The first-order valence-corrected chi connectivity index (χ1v) is 15.3. The van der Waals surface area contributed by atoms with Crippen LogP contribution in [0.25, 0.3) is 0 Å². The molecule has 43 heavy (non-hydrogen) atoms. The third-order valence-corrected chi connectivity index (χ3v) is 10.5. The van der Waals surface area contributed by atoms with E-state index in [1.807, 2.05) is 19.9 Å². The molecule has 0 radical (unpaired) electrons. The lowest BCUT2D eigenvalue weighted by Crippen LogP contribution is -2.72. The lowest BCUT2D eigenvalue weighted by molar-refractivity contribution is -0.156. The van der Waals surface area contributed by atoms with Crippen LogP contribution >= 0.6 is 11.8 Å². The number of rotatable bonds is 2. The zero-order valence-corrected chi connectivity index (χ0v) is 25.7. The largest absolute Gasteiger partial charge is 0.504 e. The summed E-state index contributed by atoms with van der Waals surface area (Å²) in [5.41, 5.74) is 2.72. The van der Waals surface area contributed by atoms with Gasteiger partial charge in [-0.15, -0.1) is 11.8 Å². The number of ether oxygens (including phenoxy) is 5. The van der Waals surface area contributed by atoms with E-state index in [-0.39, 0.29) is 24.9 Å². The van der Waals surface area contributed by atoms with Gasteiger partial charge < -0.3 is 34.1 Å². The van der Waals surface area contributed by atoms with Crippen molar-refractivity contribution in [2.24, 2.45) is 0 Å². The van der Waals surface area contributed by atoms with Crippen molar-refractivity contribution in [3.63, 3.8) is 0 Å². The Morgan fingerprint density at radius 2 is 1.95 bits per heavy atom. The number of hydrogen-bond donors (Lipinski definition) is 2. The summed E-state index contributed by atoms with van der Waals surface area (Å²) >= 11 is 1.27. The summed E-state index contributed by atoms with van der Waals surface area (Å²) in [7, 11) is 1.52. The maximum Gasteiger partial charge on any atom is 0.375 e. The van der Waals surface area contributed by atoms with Gasteiger partial charge in [0.05, 0.1) is 30.2 Å². The van der Waals surface area contributed by atoms with Gasteiger partial charge in [0.1, 0.15) is 12.4 Å². The number of benzene rings is 1. The molecule has 2 unspecified atom stereocenters. The van der Waals surface area contributed by atoms with E-state index in [0.717, 1.165) is 5.57 Å². The number of piperazine rings is 1. The highest BCUT2D eigenvalue weighted by Gasteiger charge is 2.58. The molecule has 1 aromatic rings. The molecular formula is C31H36N2O9S. The Hall–Kier alpha value is -3.48. The molecule has 2 N–H and O–H groups in total. The van der Waals surface area contributed by atoms with Crippen LogP contribution in [0.1, 0.15) is 61.6 Å². The Labute approximate surface area is 254 Å². The fraction of sp³-hybridized carbons (Fsp3) is 0.516. The quantitative estimate of drug-likeness (QED) is 0.287. The summed E-state index contributed by atoms with van der Waals surface area (Å²) in [6, 6.07) is -1.54. The molecule has 12 heteroatoms. The van der Waals surface area contributed by atoms with Crippen molar-refractivity contribution in [1.82, 2.24) is 10.2 Å². The minimum absolute atomic E-state index is 0.0147. The highest BCUT2D eigenvalue weighted by molar-refractivity contribution is 8.00. The van der Waals surface area contributed by atoms with E-state index in [1.54, 1.807) is 0 Å². The van der Waals surface area contributed by atoms with Crippen molar-refractivity contribution >= 4 is 29.5 Å². The predicted molar refractivity (Wildman–Crippen MR) is 157 cm³/mol. The van der Waals surface area contributed by atoms with Gasteiger partial charge in [-0.1, -0.05) is 12.7 Å². The number of allylic oxidation sites excluding steroid dienone is 2. The predicted octanol–water partition coefficient (Wildman–Crippen LogP) is 3.72. The molecule has 4 bridgehead atoms. The van der Waals surface area contributed by atoms with Gasteiger partial charge in [0.2, 0.25) is 12.6 Å². The number of nitrogens with zero attached hydrogens (tertiary/aromatic N) is 1. The first kappa shape index (κ1) is 29.6. The van der Waals surface area contributed by atoms with Gasteiger partial charge in [-0.3, -0.25) is 14.5 Å². The van der Waals surface area contributed by atoms with Gasteiger partial charge in [-0.25, -0.2) is 4.79 Å². The average molecular weight is 613 g/mol. The molecule has 2 saturated heterocycles. The Bertz CT molecular complexity index is 1500. The van der Waals surface area contributed by atoms with Gasteiger partial charge >= 0.3 is 11.9 Å². The van der Waals surface area contributed by atoms with Crippen LogP contribution in [0.3, 0.4) is 0 Å². The molecule has 0 spiro atoms. The van der Waals surface area contributed by atoms with E-state index in [0.29, 0.717) is 64.7 Å². The Kier molecular flexibility index (Phi) is 7.50. The number of carbonyl (C=O) groups is 3. The van der Waals surface area contributed by atoms with Crippen LogP contribution in [0.2, 0.25) is 0 Å². The SMILES string of the molecule is C=C1/C(O)=C(OC)\C(C)=C/CCC2(C)CN[C@@H]1[C@@H]1[C@@H]3SCC(=O)C(=O)OCC(c4c5c(c(C)c(OC(C)=O)c43)OCO5)N12. The van der Waals surface area contributed by atoms with Crippen LogP contribution in [-0.2, 0) is 23.9 Å². The summed E-state index contributed by atoms with van der Waals surface area (Å²) in [4.78, 5) is 40.5. The number of fused-ring (bicyclic) bond motifs is 8. The second-order valence-corrected chi connectivity index (χ2v) is 12.9.